The Morgan fingerprint density at radius 2 is 1.67 bits per heavy atom. The molecule has 0 fully saturated rings. The molecule has 18 heavy (non-hydrogen) atoms. The van der Waals surface area contributed by atoms with Crippen molar-refractivity contribution < 1.29 is 9.47 Å². The number of hydrogen-bond acceptors (Lipinski definition) is 2. The molecule has 0 saturated carbocycles. The third-order valence-corrected chi connectivity index (χ3v) is 3.01. The third kappa shape index (κ3) is 4.11. The van der Waals surface area contributed by atoms with Gasteiger partial charge in [-0.15, -0.1) is 0 Å². The monoisotopic (exact) mass is 250 g/mol. The first kappa shape index (κ1) is 15.2. The van der Waals surface area contributed by atoms with Gasteiger partial charge in [0.05, 0.1) is 0 Å². The van der Waals surface area contributed by atoms with Crippen LogP contribution in [-0.4, -0.2) is 13.2 Å². The molecule has 2 nitrogen and oxygen atoms in total. The Labute approximate surface area is 111 Å². The minimum atomic E-state index is -0.230. The van der Waals surface area contributed by atoms with E-state index in [2.05, 4.69) is 39.0 Å². The minimum absolute atomic E-state index is 0.230. The van der Waals surface area contributed by atoms with E-state index in [-0.39, 0.29) is 6.29 Å². The maximum atomic E-state index is 5.69. The third-order valence-electron chi connectivity index (χ3n) is 3.01. The molecule has 0 aliphatic carbocycles. The van der Waals surface area contributed by atoms with Gasteiger partial charge in [-0.3, -0.25) is 0 Å². The summed E-state index contributed by atoms with van der Waals surface area (Å²) in [5.41, 5.74) is 3.86. The lowest BCUT2D eigenvalue weighted by atomic mass is 9.95. The molecule has 0 aliphatic rings. The van der Waals surface area contributed by atoms with Crippen molar-refractivity contribution in [3.8, 4) is 0 Å². The highest BCUT2D eigenvalue weighted by Crippen LogP contribution is 2.26. The molecule has 2 heteroatoms. The van der Waals surface area contributed by atoms with Crippen LogP contribution in [0.4, 0.5) is 0 Å². The normalized spacial score (nSPS) is 11.5. The zero-order valence-electron chi connectivity index (χ0n) is 12.3. The van der Waals surface area contributed by atoms with Crippen LogP contribution in [0.15, 0.2) is 18.2 Å². The Morgan fingerprint density at radius 3 is 2.17 bits per heavy atom. The van der Waals surface area contributed by atoms with Gasteiger partial charge >= 0.3 is 0 Å². The summed E-state index contributed by atoms with van der Waals surface area (Å²) in [7, 11) is 0. The molecular weight excluding hydrogens is 224 g/mol. The molecule has 0 bridgehead atoms. The van der Waals surface area contributed by atoms with Gasteiger partial charge in [0.15, 0.2) is 6.29 Å². The molecule has 0 heterocycles. The molecule has 0 saturated heterocycles. The van der Waals surface area contributed by atoms with Crippen LogP contribution in [-0.2, 0) is 15.9 Å². The lowest BCUT2D eigenvalue weighted by Gasteiger charge is -2.21. The maximum absolute atomic E-state index is 5.69. The second-order valence-corrected chi connectivity index (χ2v) is 4.97. The summed E-state index contributed by atoms with van der Waals surface area (Å²) in [5.74, 6) is 0.664. The fourth-order valence-corrected chi connectivity index (χ4v) is 2.15. The van der Waals surface area contributed by atoms with Crippen LogP contribution < -0.4 is 0 Å². The van der Waals surface area contributed by atoms with E-state index in [1.54, 1.807) is 0 Å². The number of hydrogen-bond donors (Lipinski definition) is 0. The second-order valence-electron chi connectivity index (χ2n) is 4.97. The highest BCUT2D eigenvalue weighted by atomic mass is 16.7. The topological polar surface area (TPSA) is 18.5 Å². The summed E-state index contributed by atoms with van der Waals surface area (Å²) in [6, 6.07) is 6.41. The van der Waals surface area contributed by atoms with Crippen molar-refractivity contribution in [2.75, 3.05) is 13.2 Å². The van der Waals surface area contributed by atoms with Crippen LogP contribution >= 0.6 is 0 Å². The molecule has 102 valence electrons. The van der Waals surface area contributed by atoms with Crippen molar-refractivity contribution in [2.45, 2.75) is 47.3 Å². The second kappa shape index (κ2) is 7.55. The Kier molecular flexibility index (Phi) is 6.37. The van der Waals surface area contributed by atoms with Crippen molar-refractivity contribution in [1.82, 2.24) is 0 Å². The van der Waals surface area contributed by atoms with Crippen molar-refractivity contribution in [2.24, 2.45) is 5.92 Å². The van der Waals surface area contributed by atoms with Gasteiger partial charge in [0, 0.05) is 18.8 Å². The van der Waals surface area contributed by atoms with Gasteiger partial charge in [-0.25, -0.2) is 0 Å². The summed E-state index contributed by atoms with van der Waals surface area (Å²) in [6.07, 6.45) is 0.872. The minimum Gasteiger partial charge on any atom is -0.349 e. The molecule has 0 N–H and O–H groups in total. The van der Waals surface area contributed by atoms with E-state index in [0.717, 1.165) is 12.0 Å². The summed E-state index contributed by atoms with van der Waals surface area (Å²) < 4.78 is 11.4. The average molecular weight is 250 g/mol. The van der Waals surface area contributed by atoms with Crippen LogP contribution in [0.5, 0.6) is 0 Å². The highest BCUT2D eigenvalue weighted by molar-refractivity contribution is 5.35. The molecule has 1 rings (SSSR count). The van der Waals surface area contributed by atoms with Gasteiger partial charge in [0.2, 0.25) is 0 Å². The fourth-order valence-electron chi connectivity index (χ4n) is 2.15. The first-order valence-corrected chi connectivity index (χ1v) is 6.91. The van der Waals surface area contributed by atoms with Gasteiger partial charge < -0.3 is 9.47 Å². The Bertz CT molecular complexity index is 352. The van der Waals surface area contributed by atoms with Crippen molar-refractivity contribution in [3.63, 3.8) is 0 Å². The standard InChI is InChI=1S/C16H26O2/c1-6-17-16(18-7-2)15-10-8-9-14(13(15)5)11-12(3)4/h8-10,12,16H,6-7,11H2,1-5H3. The van der Waals surface area contributed by atoms with Gasteiger partial charge in [0.1, 0.15) is 0 Å². The molecule has 0 amide bonds. The highest BCUT2D eigenvalue weighted by Gasteiger charge is 2.15. The Morgan fingerprint density at radius 1 is 1.06 bits per heavy atom. The molecule has 0 atom stereocenters. The van der Waals surface area contributed by atoms with Gasteiger partial charge in [-0.05, 0) is 44.2 Å². The Balaban J connectivity index is 2.99. The fraction of sp³-hybridized carbons (Fsp3) is 0.625. The molecule has 1 aromatic rings. The van der Waals surface area contributed by atoms with E-state index in [0.29, 0.717) is 19.1 Å². The molecule has 0 radical (unpaired) electrons. The lowest BCUT2D eigenvalue weighted by Crippen LogP contribution is -2.11. The first-order chi connectivity index (χ1) is 8.60. The molecule has 0 aromatic heterocycles. The lowest BCUT2D eigenvalue weighted by molar-refractivity contribution is -0.140. The van der Waals surface area contributed by atoms with Gasteiger partial charge in [0.25, 0.3) is 0 Å². The van der Waals surface area contributed by atoms with Gasteiger partial charge in [-0.2, -0.15) is 0 Å². The van der Waals surface area contributed by atoms with E-state index in [1.807, 2.05) is 13.8 Å². The maximum Gasteiger partial charge on any atom is 0.184 e. The zero-order chi connectivity index (χ0) is 13.5. The van der Waals surface area contributed by atoms with E-state index in [4.69, 9.17) is 9.47 Å². The zero-order valence-corrected chi connectivity index (χ0v) is 12.3. The SMILES string of the molecule is CCOC(OCC)c1cccc(CC(C)C)c1C. The quantitative estimate of drug-likeness (QED) is 0.673. The van der Waals surface area contributed by atoms with Crippen LogP contribution in [0.2, 0.25) is 0 Å². The van der Waals surface area contributed by atoms with Crippen molar-refractivity contribution >= 4 is 0 Å². The smallest absolute Gasteiger partial charge is 0.184 e. The van der Waals surface area contributed by atoms with E-state index < -0.39 is 0 Å². The van der Waals surface area contributed by atoms with Crippen LogP contribution in [0, 0.1) is 12.8 Å². The molecular formula is C16H26O2. The van der Waals surface area contributed by atoms with Crippen molar-refractivity contribution in [1.29, 1.82) is 0 Å². The first-order valence-electron chi connectivity index (χ1n) is 6.91. The number of ether oxygens (including phenoxy) is 2. The number of benzene rings is 1. The summed E-state index contributed by atoms with van der Waals surface area (Å²) >= 11 is 0. The van der Waals surface area contributed by atoms with E-state index in [9.17, 15) is 0 Å². The summed E-state index contributed by atoms with van der Waals surface area (Å²) in [5, 5.41) is 0. The van der Waals surface area contributed by atoms with Crippen LogP contribution in [0.1, 0.15) is 50.7 Å². The van der Waals surface area contributed by atoms with Crippen LogP contribution in [0.25, 0.3) is 0 Å². The Hall–Kier alpha value is -0.860. The summed E-state index contributed by atoms with van der Waals surface area (Å²) in [6.45, 7) is 12.0. The molecule has 0 spiro atoms. The van der Waals surface area contributed by atoms with Gasteiger partial charge in [-0.1, -0.05) is 32.0 Å². The van der Waals surface area contributed by atoms with E-state index in [1.165, 1.54) is 11.1 Å². The predicted octanol–water partition coefficient (Wildman–Crippen LogP) is 4.27. The molecule has 0 aliphatic heterocycles. The average Bonchev–Trinajstić information content (AvgIpc) is 2.31. The molecule has 0 unspecified atom stereocenters. The largest absolute Gasteiger partial charge is 0.349 e. The predicted molar refractivity (Wildman–Crippen MR) is 75.7 cm³/mol. The van der Waals surface area contributed by atoms with E-state index >= 15 is 0 Å². The van der Waals surface area contributed by atoms with Crippen molar-refractivity contribution in [3.05, 3.63) is 34.9 Å². The summed E-state index contributed by atoms with van der Waals surface area (Å²) in [4.78, 5) is 0. The van der Waals surface area contributed by atoms with Crippen LogP contribution in [0.3, 0.4) is 0 Å². The molecule has 1 aromatic carbocycles. The number of rotatable bonds is 7.